The van der Waals surface area contributed by atoms with Crippen molar-refractivity contribution in [2.75, 3.05) is 25.1 Å². The van der Waals surface area contributed by atoms with Crippen LogP contribution in [0.1, 0.15) is 35.4 Å². The number of cyclic esters (lactones) is 1. The van der Waals surface area contributed by atoms with Gasteiger partial charge in [-0.05, 0) is 47.5 Å². The van der Waals surface area contributed by atoms with E-state index >= 15 is 0 Å². The fourth-order valence-electron chi connectivity index (χ4n) is 3.87. The second-order valence-corrected chi connectivity index (χ2v) is 8.88. The van der Waals surface area contributed by atoms with Crippen LogP contribution in [0.25, 0.3) is 0 Å². The van der Waals surface area contributed by atoms with Gasteiger partial charge >= 0.3 is 12.3 Å². The van der Waals surface area contributed by atoms with Crippen LogP contribution in [0.5, 0.6) is 0 Å². The number of carbonyl (C=O) groups is 1. The van der Waals surface area contributed by atoms with Crippen molar-refractivity contribution in [3.05, 3.63) is 51.3 Å². The molecule has 2 aliphatic heterocycles. The number of amides is 1. The Morgan fingerprint density at radius 2 is 2.00 bits per heavy atom. The number of aryl methyl sites for hydroxylation is 1. The normalized spacial score (nSPS) is 21.7. The van der Waals surface area contributed by atoms with Crippen molar-refractivity contribution in [2.45, 2.75) is 44.8 Å². The molecule has 32 heavy (non-hydrogen) atoms. The van der Waals surface area contributed by atoms with Gasteiger partial charge in [-0.3, -0.25) is 4.90 Å². The minimum Gasteiger partial charge on any atom is -0.439 e. The highest BCUT2D eigenvalue weighted by atomic mass is 79.9. The lowest BCUT2D eigenvalue weighted by atomic mass is 9.98. The summed E-state index contributed by atoms with van der Waals surface area (Å²) in [6.07, 6.45) is -4.14. The molecule has 2 atom stereocenters. The molecule has 3 heterocycles. The highest BCUT2D eigenvalue weighted by molar-refractivity contribution is 9.10. The van der Waals surface area contributed by atoms with E-state index in [2.05, 4.69) is 25.9 Å². The lowest BCUT2D eigenvalue weighted by Gasteiger charge is -2.38. The number of alkyl halides is 3. The fourth-order valence-corrected chi connectivity index (χ4v) is 4.18. The summed E-state index contributed by atoms with van der Waals surface area (Å²) < 4.78 is 51.1. The van der Waals surface area contributed by atoms with Gasteiger partial charge in [-0.2, -0.15) is 13.2 Å². The van der Waals surface area contributed by atoms with Gasteiger partial charge in [0.25, 0.3) is 0 Å². The van der Waals surface area contributed by atoms with Crippen LogP contribution in [0.4, 0.5) is 23.9 Å². The molecule has 0 saturated carbocycles. The number of halogens is 4. The topological polar surface area (TPSA) is 67.8 Å². The van der Waals surface area contributed by atoms with Crippen LogP contribution in [0, 0.1) is 6.92 Å². The molecule has 0 N–H and O–H groups in total. The molecule has 0 spiro atoms. The lowest BCUT2D eigenvalue weighted by Crippen LogP contribution is -2.52. The predicted octanol–water partition coefficient (Wildman–Crippen LogP) is 4.48. The standard InChI is InChI=1S/C21H22BrF3N4O3/c1-11-4-13(6-14(5-11)21(23,24)25)18-12(2)29(20(30)32-18)10-17-16(22)7-26-19(27-17)28-8-15(9-28)31-3/h4-7,12,15,18H,8-10H2,1-3H3/t12-,18-/m0/s1. The Morgan fingerprint density at radius 1 is 1.28 bits per heavy atom. The van der Waals surface area contributed by atoms with Crippen LogP contribution >= 0.6 is 15.9 Å². The lowest BCUT2D eigenvalue weighted by molar-refractivity contribution is -0.137. The molecule has 2 fully saturated rings. The molecule has 2 aliphatic rings. The zero-order valence-electron chi connectivity index (χ0n) is 17.7. The average molecular weight is 515 g/mol. The van der Waals surface area contributed by atoms with E-state index in [1.165, 1.54) is 4.90 Å². The van der Waals surface area contributed by atoms with E-state index in [1.54, 1.807) is 33.2 Å². The summed E-state index contributed by atoms with van der Waals surface area (Å²) in [6, 6.07) is 3.24. The van der Waals surface area contributed by atoms with E-state index in [0.717, 1.165) is 12.1 Å². The minimum absolute atomic E-state index is 0.131. The first-order valence-corrected chi connectivity index (χ1v) is 10.8. The van der Waals surface area contributed by atoms with E-state index in [1.807, 2.05) is 4.90 Å². The SMILES string of the molecule is COC1CN(c2ncc(Br)c(CN3C(=O)O[C@H](c4cc(C)cc(C(F)(F)F)c4)[C@@H]3C)n2)C1. The summed E-state index contributed by atoms with van der Waals surface area (Å²) in [4.78, 5) is 24.9. The summed E-state index contributed by atoms with van der Waals surface area (Å²) in [5, 5.41) is 0. The van der Waals surface area contributed by atoms with Gasteiger partial charge in [-0.15, -0.1) is 0 Å². The number of methoxy groups -OCH3 is 1. The van der Waals surface area contributed by atoms with Crippen molar-refractivity contribution in [1.82, 2.24) is 14.9 Å². The smallest absolute Gasteiger partial charge is 0.416 e. The van der Waals surface area contributed by atoms with Crippen molar-refractivity contribution in [1.29, 1.82) is 0 Å². The predicted molar refractivity (Wildman–Crippen MR) is 113 cm³/mol. The first-order valence-electron chi connectivity index (χ1n) is 10.0. The number of rotatable bonds is 5. The van der Waals surface area contributed by atoms with E-state index < -0.39 is 30.0 Å². The Labute approximate surface area is 191 Å². The van der Waals surface area contributed by atoms with Gasteiger partial charge in [0.1, 0.15) is 6.10 Å². The summed E-state index contributed by atoms with van der Waals surface area (Å²) in [5.41, 5.74) is 0.583. The Balaban J connectivity index is 1.54. The van der Waals surface area contributed by atoms with Crippen LogP contribution in [-0.2, 0) is 22.2 Å². The Morgan fingerprint density at radius 3 is 2.66 bits per heavy atom. The van der Waals surface area contributed by atoms with Gasteiger partial charge in [-0.25, -0.2) is 14.8 Å². The maximum absolute atomic E-state index is 13.3. The van der Waals surface area contributed by atoms with Crippen molar-refractivity contribution in [3.8, 4) is 0 Å². The van der Waals surface area contributed by atoms with Gasteiger partial charge in [0.05, 0.1) is 34.4 Å². The molecule has 172 valence electrons. The van der Waals surface area contributed by atoms with E-state index in [-0.39, 0.29) is 12.6 Å². The summed E-state index contributed by atoms with van der Waals surface area (Å²) >= 11 is 3.42. The fraction of sp³-hybridized carbons (Fsp3) is 0.476. The van der Waals surface area contributed by atoms with Crippen molar-refractivity contribution in [3.63, 3.8) is 0 Å². The molecule has 4 rings (SSSR count). The molecule has 0 aliphatic carbocycles. The molecule has 0 unspecified atom stereocenters. The third-order valence-corrected chi connectivity index (χ3v) is 6.40. The quantitative estimate of drug-likeness (QED) is 0.585. The number of nitrogens with zero attached hydrogens (tertiary/aromatic N) is 4. The number of hydrogen-bond acceptors (Lipinski definition) is 6. The zero-order valence-corrected chi connectivity index (χ0v) is 19.3. The molecule has 1 aromatic heterocycles. The Bertz CT molecular complexity index is 1030. The molecule has 2 saturated heterocycles. The second kappa shape index (κ2) is 8.51. The summed E-state index contributed by atoms with van der Waals surface area (Å²) in [5.74, 6) is 0.529. The minimum atomic E-state index is -4.48. The molecule has 11 heteroatoms. The molecular formula is C21H22BrF3N4O3. The van der Waals surface area contributed by atoms with Crippen LogP contribution in [0.2, 0.25) is 0 Å². The second-order valence-electron chi connectivity index (χ2n) is 8.03. The Kier molecular flexibility index (Phi) is 6.06. The van der Waals surface area contributed by atoms with Crippen molar-refractivity contribution in [2.24, 2.45) is 0 Å². The molecule has 1 aromatic carbocycles. The molecule has 0 radical (unpaired) electrons. The van der Waals surface area contributed by atoms with Gasteiger partial charge in [0.2, 0.25) is 5.95 Å². The number of anilines is 1. The summed E-state index contributed by atoms with van der Waals surface area (Å²) in [7, 11) is 1.65. The maximum atomic E-state index is 13.3. The average Bonchev–Trinajstić information content (AvgIpc) is 2.96. The van der Waals surface area contributed by atoms with Gasteiger partial charge in [0, 0.05) is 26.4 Å². The monoisotopic (exact) mass is 514 g/mol. The molecule has 1 amide bonds. The number of aromatic nitrogens is 2. The van der Waals surface area contributed by atoms with E-state index in [0.29, 0.717) is 40.3 Å². The number of hydrogen-bond donors (Lipinski definition) is 0. The van der Waals surface area contributed by atoms with Crippen molar-refractivity contribution < 1.29 is 27.4 Å². The van der Waals surface area contributed by atoms with Crippen LogP contribution in [0.15, 0.2) is 28.9 Å². The van der Waals surface area contributed by atoms with Gasteiger partial charge in [-0.1, -0.05) is 11.6 Å². The highest BCUT2D eigenvalue weighted by Crippen LogP contribution is 2.38. The van der Waals surface area contributed by atoms with E-state index in [9.17, 15) is 18.0 Å². The molecule has 7 nitrogen and oxygen atoms in total. The highest BCUT2D eigenvalue weighted by Gasteiger charge is 2.41. The van der Waals surface area contributed by atoms with Gasteiger partial charge < -0.3 is 14.4 Å². The molecular weight excluding hydrogens is 493 g/mol. The van der Waals surface area contributed by atoms with Crippen molar-refractivity contribution >= 4 is 28.0 Å². The first kappa shape index (κ1) is 22.8. The van der Waals surface area contributed by atoms with Gasteiger partial charge in [0.15, 0.2) is 0 Å². The Hall–Kier alpha value is -2.40. The van der Waals surface area contributed by atoms with E-state index in [4.69, 9.17) is 9.47 Å². The first-order chi connectivity index (χ1) is 15.1. The van der Waals surface area contributed by atoms with Crippen LogP contribution in [0.3, 0.4) is 0 Å². The molecule has 2 aromatic rings. The molecule has 0 bridgehead atoms. The largest absolute Gasteiger partial charge is 0.439 e. The van der Waals surface area contributed by atoms with Crippen LogP contribution < -0.4 is 4.90 Å². The number of carbonyl (C=O) groups excluding carboxylic acids is 1. The third kappa shape index (κ3) is 4.40. The van der Waals surface area contributed by atoms with Crippen LogP contribution in [-0.4, -0.2) is 53.3 Å². The maximum Gasteiger partial charge on any atom is 0.416 e. The number of ether oxygens (including phenoxy) is 2. The number of benzene rings is 1. The summed E-state index contributed by atoms with van der Waals surface area (Å²) in [6.45, 7) is 4.82. The third-order valence-electron chi connectivity index (χ3n) is 5.74. The zero-order chi connectivity index (χ0) is 23.2.